The van der Waals surface area contributed by atoms with Crippen molar-refractivity contribution >= 4 is 5.69 Å². The topological polar surface area (TPSA) is 37.8 Å². The highest BCUT2D eigenvalue weighted by Gasteiger charge is 2.07. The van der Waals surface area contributed by atoms with Gasteiger partial charge in [-0.25, -0.2) is 9.97 Å². The number of hydrogen-bond acceptors (Lipinski definition) is 3. The van der Waals surface area contributed by atoms with Crippen LogP contribution in [-0.4, -0.2) is 9.97 Å². The van der Waals surface area contributed by atoms with Crippen LogP contribution in [0.15, 0.2) is 43.0 Å². The van der Waals surface area contributed by atoms with Crippen molar-refractivity contribution in [2.45, 2.75) is 19.9 Å². The van der Waals surface area contributed by atoms with Crippen molar-refractivity contribution < 1.29 is 0 Å². The van der Waals surface area contributed by atoms with Gasteiger partial charge in [-0.1, -0.05) is 24.3 Å². The number of hydrogen-bond donors (Lipinski definition) is 1. The molecule has 2 rings (SSSR count). The first-order chi connectivity index (χ1) is 7.77. The number of nitrogens with one attached hydrogen (secondary N) is 1. The number of anilines is 1. The van der Waals surface area contributed by atoms with Crippen LogP contribution in [0.5, 0.6) is 0 Å². The molecule has 1 aromatic carbocycles. The molecule has 0 fully saturated rings. The van der Waals surface area contributed by atoms with Crippen LogP contribution in [0.25, 0.3) is 0 Å². The Balaban J connectivity index is 2.15. The Kier molecular flexibility index (Phi) is 3.15. The highest BCUT2D eigenvalue weighted by Crippen LogP contribution is 2.20. The van der Waals surface area contributed by atoms with Crippen LogP contribution < -0.4 is 5.32 Å². The van der Waals surface area contributed by atoms with Gasteiger partial charge in [-0.2, -0.15) is 0 Å². The van der Waals surface area contributed by atoms with Crippen LogP contribution in [0.3, 0.4) is 0 Å². The fourth-order valence-electron chi connectivity index (χ4n) is 1.77. The lowest BCUT2D eigenvalue weighted by Crippen LogP contribution is -2.08. The molecule has 0 saturated heterocycles. The maximum atomic E-state index is 3.98. The number of benzene rings is 1. The van der Waals surface area contributed by atoms with Crippen LogP contribution in [0.2, 0.25) is 0 Å². The van der Waals surface area contributed by atoms with Gasteiger partial charge in [0.15, 0.2) is 0 Å². The molecule has 0 aliphatic carbocycles. The van der Waals surface area contributed by atoms with Crippen molar-refractivity contribution in [1.29, 1.82) is 0 Å². The van der Waals surface area contributed by atoms with Crippen LogP contribution in [0.1, 0.15) is 24.1 Å². The van der Waals surface area contributed by atoms with E-state index in [4.69, 9.17) is 0 Å². The zero-order valence-corrected chi connectivity index (χ0v) is 9.51. The van der Waals surface area contributed by atoms with E-state index >= 15 is 0 Å². The van der Waals surface area contributed by atoms with Crippen LogP contribution in [0, 0.1) is 6.92 Å². The summed E-state index contributed by atoms with van der Waals surface area (Å²) < 4.78 is 0. The molecule has 82 valence electrons. The molecular formula is C13H15N3. The van der Waals surface area contributed by atoms with E-state index in [9.17, 15) is 0 Å². The highest BCUT2D eigenvalue weighted by atomic mass is 15.0. The zero-order valence-electron chi connectivity index (χ0n) is 9.51. The molecular weight excluding hydrogens is 198 g/mol. The fourth-order valence-corrected chi connectivity index (χ4v) is 1.77. The summed E-state index contributed by atoms with van der Waals surface area (Å²) in [7, 11) is 0. The molecule has 1 atom stereocenters. The average molecular weight is 213 g/mol. The molecule has 0 spiro atoms. The van der Waals surface area contributed by atoms with E-state index in [1.165, 1.54) is 17.5 Å². The van der Waals surface area contributed by atoms with Gasteiger partial charge in [-0.05, 0) is 25.0 Å². The minimum atomic E-state index is 0.257. The second-order valence-corrected chi connectivity index (χ2v) is 3.85. The summed E-state index contributed by atoms with van der Waals surface area (Å²) in [4.78, 5) is 7.96. The highest BCUT2D eigenvalue weighted by molar-refractivity contribution is 5.42. The van der Waals surface area contributed by atoms with Crippen molar-refractivity contribution in [3.05, 3.63) is 54.1 Å². The van der Waals surface area contributed by atoms with Gasteiger partial charge in [-0.3, -0.25) is 0 Å². The first-order valence-electron chi connectivity index (χ1n) is 5.34. The summed E-state index contributed by atoms with van der Waals surface area (Å²) in [5, 5.41) is 3.37. The minimum absolute atomic E-state index is 0.257. The largest absolute Gasteiger partial charge is 0.376 e. The average Bonchev–Trinajstić information content (AvgIpc) is 2.31. The first-order valence-corrected chi connectivity index (χ1v) is 5.34. The Morgan fingerprint density at radius 2 is 1.81 bits per heavy atom. The zero-order chi connectivity index (χ0) is 11.4. The van der Waals surface area contributed by atoms with Gasteiger partial charge < -0.3 is 5.32 Å². The Hall–Kier alpha value is -1.90. The molecule has 0 radical (unpaired) electrons. The molecule has 0 bridgehead atoms. The van der Waals surface area contributed by atoms with E-state index in [0.29, 0.717) is 0 Å². The maximum absolute atomic E-state index is 3.98. The van der Waals surface area contributed by atoms with E-state index in [1.54, 1.807) is 12.4 Å². The molecule has 1 N–H and O–H groups in total. The van der Waals surface area contributed by atoms with Gasteiger partial charge >= 0.3 is 0 Å². The normalized spacial score (nSPS) is 12.1. The number of aromatic nitrogens is 2. The summed E-state index contributed by atoms with van der Waals surface area (Å²) in [5.74, 6) is 0. The summed E-state index contributed by atoms with van der Waals surface area (Å²) in [6.45, 7) is 4.25. The predicted octanol–water partition coefficient (Wildman–Crippen LogP) is 2.96. The van der Waals surface area contributed by atoms with E-state index in [-0.39, 0.29) is 6.04 Å². The molecule has 1 unspecified atom stereocenters. The van der Waals surface area contributed by atoms with Gasteiger partial charge in [0.1, 0.15) is 6.33 Å². The van der Waals surface area contributed by atoms with Gasteiger partial charge in [0.05, 0.1) is 18.1 Å². The summed E-state index contributed by atoms with van der Waals surface area (Å²) in [6, 6.07) is 8.62. The van der Waals surface area contributed by atoms with Gasteiger partial charge in [-0.15, -0.1) is 0 Å². The molecule has 0 aliphatic rings. The van der Waals surface area contributed by atoms with Crippen molar-refractivity contribution in [2.24, 2.45) is 0 Å². The van der Waals surface area contributed by atoms with Crippen LogP contribution >= 0.6 is 0 Å². The quantitative estimate of drug-likeness (QED) is 0.851. The van der Waals surface area contributed by atoms with Gasteiger partial charge in [0.25, 0.3) is 0 Å². The fraction of sp³-hybridized carbons (Fsp3) is 0.231. The minimum Gasteiger partial charge on any atom is -0.376 e. The molecule has 1 aromatic heterocycles. The maximum Gasteiger partial charge on any atom is 0.115 e. The summed E-state index contributed by atoms with van der Waals surface area (Å²) >= 11 is 0. The smallest absolute Gasteiger partial charge is 0.115 e. The van der Waals surface area contributed by atoms with Crippen LogP contribution in [-0.2, 0) is 0 Å². The second-order valence-electron chi connectivity index (χ2n) is 3.85. The number of rotatable bonds is 3. The van der Waals surface area contributed by atoms with E-state index in [1.807, 2.05) is 0 Å². The molecule has 2 aromatic rings. The van der Waals surface area contributed by atoms with E-state index in [2.05, 4.69) is 53.4 Å². The molecule has 16 heavy (non-hydrogen) atoms. The van der Waals surface area contributed by atoms with Crippen molar-refractivity contribution in [2.75, 3.05) is 5.32 Å². The molecule has 0 saturated carbocycles. The van der Waals surface area contributed by atoms with Gasteiger partial charge in [0, 0.05) is 6.04 Å². The lowest BCUT2D eigenvalue weighted by Gasteiger charge is -2.17. The van der Waals surface area contributed by atoms with Crippen molar-refractivity contribution in [1.82, 2.24) is 9.97 Å². The van der Waals surface area contributed by atoms with Crippen molar-refractivity contribution in [3.63, 3.8) is 0 Å². The standard InChI is InChI=1S/C13H15N3/c1-10-5-3-4-6-13(10)11(2)16-12-7-14-9-15-8-12/h3-9,11,16H,1-2H3. The van der Waals surface area contributed by atoms with Gasteiger partial charge in [0.2, 0.25) is 0 Å². The molecule has 0 amide bonds. The van der Waals surface area contributed by atoms with Crippen molar-refractivity contribution in [3.8, 4) is 0 Å². The second kappa shape index (κ2) is 4.75. The molecule has 3 nitrogen and oxygen atoms in total. The summed E-state index contributed by atoms with van der Waals surface area (Å²) in [5.41, 5.74) is 3.53. The SMILES string of the molecule is Cc1ccccc1C(C)Nc1cncnc1. The molecule has 0 aliphatic heterocycles. The Bertz CT molecular complexity index is 454. The Morgan fingerprint density at radius 3 is 2.50 bits per heavy atom. The lowest BCUT2D eigenvalue weighted by atomic mass is 10.0. The monoisotopic (exact) mass is 213 g/mol. The van der Waals surface area contributed by atoms with E-state index < -0.39 is 0 Å². The number of nitrogens with zero attached hydrogens (tertiary/aromatic N) is 2. The first kappa shape index (κ1) is 10.6. The number of aryl methyl sites for hydroxylation is 1. The van der Waals surface area contributed by atoms with E-state index in [0.717, 1.165) is 5.69 Å². The van der Waals surface area contributed by atoms with Crippen LogP contribution in [0.4, 0.5) is 5.69 Å². The summed E-state index contributed by atoms with van der Waals surface area (Å²) in [6.07, 6.45) is 5.09. The Morgan fingerprint density at radius 1 is 1.12 bits per heavy atom. The molecule has 1 heterocycles. The molecule has 3 heteroatoms. The Labute approximate surface area is 95.6 Å². The third kappa shape index (κ3) is 2.37. The third-order valence-electron chi connectivity index (χ3n) is 2.60. The predicted molar refractivity (Wildman–Crippen MR) is 65.2 cm³/mol. The lowest BCUT2D eigenvalue weighted by molar-refractivity contribution is 0.869. The third-order valence-corrected chi connectivity index (χ3v) is 2.60.